The van der Waals surface area contributed by atoms with Gasteiger partial charge < -0.3 is 15.3 Å². The summed E-state index contributed by atoms with van der Waals surface area (Å²) in [5, 5.41) is 21.1. The van der Waals surface area contributed by atoms with E-state index in [4.69, 9.17) is 5.26 Å². The summed E-state index contributed by atoms with van der Waals surface area (Å²) in [5.41, 5.74) is 1.23. The summed E-state index contributed by atoms with van der Waals surface area (Å²) in [7, 11) is 0. The van der Waals surface area contributed by atoms with E-state index in [0.29, 0.717) is 30.8 Å². The Morgan fingerprint density at radius 2 is 2.16 bits per heavy atom. The van der Waals surface area contributed by atoms with E-state index in [0.717, 1.165) is 0 Å². The number of aliphatic hydroxyl groups is 1. The minimum atomic E-state index is -0.320. The topological polar surface area (TPSA) is 76.4 Å². The Kier molecular flexibility index (Phi) is 4.03. The lowest BCUT2D eigenvalue weighted by Crippen LogP contribution is -2.46. The first-order valence-electron chi connectivity index (χ1n) is 6.34. The highest BCUT2D eigenvalue weighted by atomic mass is 16.3. The van der Waals surface area contributed by atoms with Gasteiger partial charge in [0.05, 0.1) is 17.7 Å². The third-order valence-electron chi connectivity index (χ3n) is 3.41. The van der Waals surface area contributed by atoms with E-state index in [1.165, 1.54) is 0 Å². The average molecular weight is 259 g/mol. The number of benzene rings is 1. The zero-order chi connectivity index (χ0) is 13.8. The number of carbonyl (C=O) groups is 1. The largest absolute Gasteiger partial charge is 0.393 e. The van der Waals surface area contributed by atoms with Crippen LogP contribution in [-0.2, 0) is 0 Å². The maximum atomic E-state index is 12.0. The summed E-state index contributed by atoms with van der Waals surface area (Å²) < 4.78 is 0. The SMILES string of the molecule is CC1CN(C(=O)Nc2ccc(C#N)cc2)CCC1O. The standard InChI is InChI=1S/C14H17N3O2/c1-10-9-17(7-6-13(10)18)14(19)16-12-4-2-11(8-15)3-5-12/h2-5,10,13,18H,6-7,9H2,1H3,(H,16,19). The Morgan fingerprint density at radius 3 is 2.74 bits per heavy atom. The van der Waals surface area contributed by atoms with Gasteiger partial charge in [-0.05, 0) is 36.6 Å². The zero-order valence-electron chi connectivity index (χ0n) is 10.8. The number of nitriles is 1. The van der Waals surface area contributed by atoms with E-state index < -0.39 is 0 Å². The molecule has 19 heavy (non-hydrogen) atoms. The molecule has 0 spiro atoms. The molecule has 0 saturated carbocycles. The lowest BCUT2D eigenvalue weighted by atomic mass is 9.97. The van der Waals surface area contributed by atoms with Crippen molar-refractivity contribution >= 4 is 11.7 Å². The van der Waals surface area contributed by atoms with E-state index >= 15 is 0 Å². The van der Waals surface area contributed by atoms with Crippen molar-refractivity contribution in [2.45, 2.75) is 19.4 Å². The van der Waals surface area contributed by atoms with Crippen molar-refractivity contribution in [3.05, 3.63) is 29.8 Å². The molecule has 1 heterocycles. The van der Waals surface area contributed by atoms with Gasteiger partial charge >= 0.3 is 6.03 Å². The maximum Gasteiger partial charge on any atom is 0.321 e. The van der Waals surface area contributed by atoms with Gasteiger partial charge in [-0.1, -0.05) is 6.92 Å². The maximum absolute atomic E-state index is 12.0. The number of hydrogen-bond donors (Lipinski definition) is 2. The number of urea groups is 1. The van der Waals surface area contributed by atoms with Crippen molar-refractivity contribution < 1.29 is 9.90 Å². The number of nitrogens with zero attached hydrogens (tertiary/aromatic N) is 2. The second-order valence-electron chi connectivity index (χ2n) is 4.90. The van der Waals surface area contributed by atoms with Crippen molar-refractivity contribution in [3.8, 4) is 6.07 Å². The summed E-state index contributed by atoms with van der Waals surface area (Å²) in [4.78, 5) is 13.7. The number of nitrogens with one attached hydrogen (secondary N) is 1. The van der Waals surface area contributed by atoms with Gasteiger partial charge in [-0.25, -0.2) is 4.79 Å². The van der Waals surface area contributed by atoms with Gasteiger partial charge in [-0.15, -0.1) is 0 Å². The predicted molar refractivity (Wildman–Crippen MR) is 71.5 cm³/mol. The van der Waals surface area contributed by atoms with Crippen LogP contribution in [0.1, 0.15) is 18.9 Å². The van der Waals surface area contributed by atoms with Gasteiger partial charge in [0.25, 0.3) is 0 Å². The molecule has 1 aliphatic rings. The number of amides is 2. The molecule has 2 rings (SSSR count). The van der Waals surface area contributed by atoms with Gasteiger partial charge in [0, 0.05) is 18.8 Å². The summed E-state index contributed by atoms with van der Waals surface area (Å²) >= 11 is 0. The molecule has 0 aromatic heterocycles. The molecule has 0 aliphatic carbocycles. The number of likely N-dealkylation sites (tertiary alicyclic amines) is 1. The second-order valence-corrected chi connectivity index (χ2v) is 4.90. The average Bonchev–Trinajstić information content (AvgIpc) is 2.42. The molecule has 1 saturated heterocycles. The van der Waals surface area contributed by atoms with Crippen LogP contribution in [0.5, 0.6) is 0 Å². The van der Waals surface area contributed by atoms with Crippen molar-refractivity contribution in [1.29, 1.82) is 5.26 Å². The quantitative estimate of drug-likeness (QED) is 0.807. The summed E-state index contributed by atoms with van der Waals surface area (Å²) in [6, 6.07) is 8.61. The highest BCUT2D eigenvalue weighted by molar-refractivity contribution is 5.89. The molecule has 5 nitrogen and oxygen atoms in total. The molecule has 2 N–H and O–H groups in total. The van der Waals surface area contributed by atoms with Gasteiger partial charge in [0.1, 0.15) is 0 Å². The Hall–Kier alpha value is -2.06. The van der Waals surface area contributed by atoms with Crippen LogP contribution in [0.4, 0.5) is 10.5 Å². The first-order chi connectivity index (χ1) is 9.10. The van der Waals surface area contributed by atoms with Crippen molar-refractivity contribution in [2.24, 2.45) is 5.92 Å². The molecule has 0 bridgehead atoms. The fourth-order valence-corrected chi connectivity index (χ4v) is 2.15. The Balaban J connectivity index is 1.95. The summed E-state index contributed by atoms with van der Waals surface area (Å²) in [5.74, 6) is 0.0977. The number of aliphatic hydroxyl groups excluding tert-OH is 1. The first kappa shape index (κ1) is 13.4. The van der Waals surface area contributed by atoms with Crippen LogP contribution in [0.15, 0.2) is 24.3 Å². The molecule has 2 amide bonds. The van der Waals surface area contributed by atoms with Gasteiger partial charge in [0.2, 0.25) is 0 Å². The lowest BCUT2D eigenvalue weighted by molar-refractivity contribution is 0.0506. The van der Waals surface area contributed by atoms with E-state index in [9.17, 15) is 9.90 Å². The number of piperidine rings is 1. The number of rotatable bonds is 1. The number of hydrogen-bond acceptors (Lipinski definition) is 3. The number of carbonyl (C=O) groups excluding carboxylic acids is 1. The van der Waals surface area contributed by atoms with E-state index in [1.54, 1.807) is 29.2 Å². The van der Waals surface area contributed by atoms with Gasteiger partial charge in [0.15, 0.2) is 0 Å². The smallest absolute Gasteiger partial charge is 0.321 e. The van der Waals surface area contributed by atoms with Crippen LogP contribution in [0.2, 0.25) is 0 Å². The lowest BCUT2D eigenvalue weighted by Gasteiger charge is -2.34. The van der Waals surface area contributed by atoms with E-state index in [-0.39, 0.29) is 18.1 Å². The molecule has 2 unspecified atom stereocenters. The van der Waals surface area contributed by atoms with Gasteiger partial charge in [-0.3, -0.25) is 0 Å². The molecule has 1 aliphatic heterocycles. The van der Waals surface area contributed by atoms with Crippen LogP contribution in [-0.4, -0.2) is 35.2 Å². The van der Waals surface area contributed by atoms with Crippen molar-refractivity contribution in [2.75, 3.05) is 18.4 Å². The molecule has 1 aromatic rings. The van der Waals surface area contributed by atoms with Crippen LogP contribution in [0.25, 0.3) is 0 Å². The third kappa shape index (κ3) is 3.24. The number of anilines is 1. The normalized spacial score (nSPS) is 22.7. The molecule has 1 fully saturated rings. The highest BCUT2D eigenvalue weighted by Gasteiger charge is 2.27. The molecular weight excluding hydrogens is 242 g/mol. The summed E-state index contributed by atoms with van der Waals surface area (Å²) in [6.45, 7) is 3.06. The van der Waals surface area contributed by atoms with Crippen LogP contribution in [0, 0.1) is 17.2 Å². The Morgan fingerprint density at radius 1 is 1.47 bits per heavy atom. The Labute approximate surface area is 112 Å². The molecule has 0 radical (unpaired) electrons. The van der Waals surface area contributed by atoms with E-state index in [2.05, 4.69) is 5.32 Å². The van der Waals surface area contributed by atoms with Crippen LogP contribution < -0.4 is 5.32 Å². The van der Waals surface area contributed by atoms with Crippen LogP contribution in [0.3, 0.4) is 0 Å². The molecule has 2 atom stereocenters. The minimum Gasteiger partial charge on any atom is -0.393 e. The zero-order valence-corrected chi connectivity index (χ0v) is 10.8. The summed E-state index contributed by atoms with van der Waals surface area (Å²) in [6.07, 6.45) is 0.293. The fourth-order valence-electron chi connectivity index (χ4n) is 2.15. The highest BCUT2D eigenvalue weighted by Crippen LogP contribution is 2.18. The van der Waals surface area contributed by atoms with Crippen molar-refractivity contribution in [3.63, 3.8) is 0 Å². The molecule has 1 aromatic carbocycles. The predicted octanol–water partition coefficient (Wildman–Crippen LogP) is 1.79. The third-order valence-corrected chi connectivity index (χ3v) is 3.41. The monoisotopic (exact) mass is 259 g/mol. The molecular formula is C14H17N3O2. The van der Waals surface area contributed by atoms with E-state index in [1.807, 2.05) is 13.0 Å². The van der Waals surface area contributed by atoms with Gasteiger partial charge in [-0.2, -0.15) is 5.26 Å². The molecule has 100 valence electrons. The first-order valence-corrected chi connectivity index (χ1v) is 6.34. The van der Waals surface area contributed by atoms with Crippen molar-refractivity contribution in [1.82, 2.24) is 4.90 Å². The fraction of sp³-hybridized carbons (Fsp3) is 0.429. The van der Waals surface area contributed by atoms with Crippen LogP contribution >= 0.6 is 0 Å². The minimum absolute atomic E-state index is 0.0977. The Bertz CT molecular complexity index is 492. The molecule has 5 heteroatoms. The second kappa shape index (κ2) is 5.72.